The Morgan fingerprint density at radius 2 is 1.64 bits per heavy atom. The molecule has 28 heavy (non-hydrogen) atoms. The summed E-state index contributed by atoms with van der Waals surface area (Å²) in [5.41, 5.74) is 1.71. The molecule has 3 aromatic rings. The minimum atomic E-state index is -3.55. The number of benzene rings is 2. The van der Waals surface area contributed by atoms with E-state index in [1.807, 2.05) is 36.4 Å². The summed E-state index contributed by atoms with van der Waals surface area (Å²) >= 11 is 0. The zero-order valence-corrected chi connectivity index (χ0v) is 16.4. The van der Waals surface area contributed by atoms with Gasteiger partial charge in [0.15, 0.2) is 0 Å². The van der Waals surface area contributed by atoms with Crippen LogP contribution in [0.1, 0.15) is 5.56 Å². The quantitative estimate of drug-likeness (QED) is 0.668. The number of hydrogen-bond donors (Lipinski definition) is 0. The van der Waals surface area contributed by atoms with Crippen LogP contribution in [0.3, 0.4) is 0 Å². The number of pyridine rings is 1. The molecule has 5 nitrogen and oxygen atoms in total. The van der Waals surface area contributed by atoms with E-state index in [4.69, 9.17) is 0 Å². The highest BCUT2D eigenvalue weighted by molar-refractivity contribution is 7.89. The van der Waals surface area contributed by atoms with Gasteiger partial charge in [0.1, 0.15) is 4.90 Å². The predicted octanol–water partition coefficient (Wildman–Crippen LogP) is 3.25. The van der Waals surface area contributed by atoms with E-state index in [0.717, 1.165) is 25.0 Å². The number of hydrogen-bond acceptors (Lipinski definition) is 4. The van der Waals surface area contributed by atoms with Gasteiger partial charge in [-0.25, -0.2) is 8.42 Å². The van der Waals surface area contributed by atoms with Crippen LogP contribution in [0, 0.1) is 0 Å². The van der Waals surface area contributed by atoms with Gasteiger partial charge in [0.25, 0.3) is 0 Å². The zero-order valence-electron chi connectivity index (χ0n) is 15.6. The summed E-state index contributed by atoms with van der Waals surface area (Å²) in [5, 5.41) is 0.841. The van der Waals surface area contributed by atoms with Crippen LogP contribution in [0.2, 0.25) is 0 Å². The second-order valence-corrected chi connectivity index (χ2v) is 8.76. The predicted molar refractivity (Wildman–Crippen MR) is 112 cm³/mol. The molecule has 0 aliphatic carbocycles. The van der Waals surface area contributed by atoms with Gasteiger partial charge in [-0.2, -0.15) is 4.31 Å². The smallest absolute Gasteiger partial charge is 0.245 e. The van der Waals surface area contributed by atoms with Crippen molar-refractivity contribution in [1.82, 2.24) is 14.2 Å². The van der Waals surface area contributed by atoms with Gasteiger partial charge in [-0.1, -0.05) is 60.7 Å². The summed E-state index contributed by atoms with van der Waals surface area (Å²) < 4.78 is 27.9. The normalized spacial score (nSPS) is 16.7. The summed E-state index contributed by atoms with van der Waals surface area (Å²) in [4.78, 5) is 6.87. The molecule has 0 atom stereocenters. The zero-order chi connectivity index (χ0) is 19.4. The van der Waals surface area contributed by atoms with E-state index in [-0.39, 0.29) is 0 Å². The van der Waals surface area contributed by atoms with Crippen LogP contribution >= 0.6 is 0 Å². The third kappa shape index (κ3) is 3.99. The molecule has 144 valence electrons. The number of rotatable bonds is 5. The molecule has 1 aliphatic heterocycles. The highest BCUT2D eigenvalue weighted by Crippen LogP contribution is 2.24. The van der Waals surface area contributed by atoms with E-state index in [1.165, 1.54) is 5.56 Å². The number of para-hydroxylation sites is 1. The topological polar surface area (TPSA) is 53.5 Å². The lowest BCUT2D eigenvalue weighted by molar-refractivity contribution is 0.204. The Kier molecular flexibility index (Phi) is 5.52. The standard InChI is InChI=1S/C22H23N3O2S/c26-28(27,21-12-4-10-20-11-5-13-23-22(20)21)25-17-15-24(16-18-25)14-6-9-19-7-2-1-3-8-19/h1-13H,14-18H2/b9-6+. The second kappa shape index (κ2) is 8.22. The van der Waals surface area contributed by atoms with Crippen molar-refractivity contribution in [1.29, 1.82) is 0 Å². The van der Waals surface area contributed by atoms with Crippen LogP contribution < -0.4 is 0 Å². The van der Waals surface area contributed by atoms with Gasteiger partial charge >= 0.3 is 0 Å². The van der Waals surface area contributed by atoms with Crippen molar-refractivity contribution >= 4 is 27.0 Å². The Labute approximate surface area is 166 Å². The average molecular weight is 394 g/mol. The maximum absolute atomic E-state index is 13.2. The molecular formula is C22H23N3O2S. The average Bonchev–Trinajstić information content (AvgIpc) is 2.74. The Bertz CT molecular complexity index is 1070. The van der Waals surface area contributed by atoms with Crippen molar-refractivity contribution in [2.24, 2.45) is 0 Å². The molecule has 0 amide bonds. The van der Waals surface area contributed by atoms with E-state index in [1.54, 1.807) is 22.6 Å². The molecule has 0 unspecified atom stereocenters. The van der Waals surface area contributed by atoms with Crippen molar-refractivity contribution in [3.8, 4) is 0 Å². The molecule has 1 saturated heterocycles. The van der Waals surface area contributed by atoms with Crippen LogP contribution in [0.4, 0.5) is 0 Å². The Morgan fingerprint density at radius 3 is 2.43 bits per heavy atom. The van der Waals surface area contributed by atoms with Gasteiger partial charge in [0.2, 0.25) is 10.0 Å². The minimum Gasteiger partial charge on any atom is -0.297 e. The van der Waals surface area contributed by atoms with Gasteiger partial charge < -0.3 is 0 Å². The van der Waals surface area contributed by atoms with Gasteiger partial charge in [-0.3, -0.25) is 9.88 Å². The van der Waals surface area contributed by atoms with Crippen molar-refractivity contribution in [2.45, 2.75) is 4.90 Å². The molecular weight excluding hydrogens is 370 g/mol. The molecule has 2 aromatic carbocycles. The van der Waals surface area contributed by atoms with Crippen LogP contribution in [0.5, 0.6) is 0 Å². The van der Waals surface area contributed by atoms with Crippen molar-refractivity contribution in [2.75, 3.05) is 32.7 Å². The largest absolute Gasteiger partial charge is 0.297 e. The molecule has 0 spiro atoms. The highest BCUT2D eigenvalue weighted by atomic mass is 32.2. The Morgan fingerprint density at radius 1 is 0.893 bits per heavy atom. The first-order valence-corrected chi connectivity index (χ1v) is 10.9. The Hall–Kier alpha value is -2.54. The van der Waals surface area contributed by atoms with E-state index in [0.29, 0.717) is 23.5 Å². The van der Waals surface area contributed by atoms with Crippen LogP contribution in [-0.4, -0.2) is 55.3 Å². The number of aromatic nitrogens is 1. The molecule has 2 heterocycles. The third-order valence-electron chi connectivity index (χ3n) is 5.02. The monoisotopic (exact) mass is 393 g/mol. The maximum Gasteiger partial charge on any atom is 0.245 e. The molecule has 0 saturated carbocycles. The SMILES string of the molecule is O=S(=O)(c1cccc2cccnc12)N1CCN(C/C=C/c2ccccc2)CC1. The van der Waals surface area contributed by atoms with Gasteiger partial charge in [0, 0.05) is 44.3 Å². The van der Waals surface area contributed by atoms with Crippen LogP contribution in [-0.2, 0) is 10.0 Å². The summed E-state index contributed by atoms with van der Waals surface area (Å²) in [6.45, 7) is 3.24. The summed E-state index contributed by atoms with van der Waals surface area (Å²) in [6, 6.07) is 19.2. The van der Waals surface area contributed by atoms with E-state index < -0.39 is 10.0 Å². The van der Waals surface area contributed by atoms with Crippen LogP contribution in [0.15, 0.2) is 77.8 Å². The molecule has 6 heteroatoms. The molecule has 1 aliphatic rings. The van der Waals surface area contributed by atoms with Gasteiger partial charge in [0.05, 0.1) is 5.52 Å². The second-order valence-electron chi connectivity index (χ2n) is 6.85. The van der Waals surface area contributed by atoms with Crippen LogP contribution in [0.25, 0.3) is 17.0 Å². The summed E-state index contributed by atoms with van der Waals surface area (Å²) in [6.07, 6.45) is 5.87. The summed E-state index contributed by atoms with van der Waals surface area (Å²) in [5.74, 6) is 0. The lowest BCUT2D eigenvalue weighted by Crippen LogP contribution is -2.48. The lowest BCUT2D eigenvalue weighted by Gasteiger charge is -2.33. The van der Waals surface area contributed by atoms with E-state index in [2.05, 4.69) is 34.2 Å². The van der Waals surface area contributed by atoms with Crippen molar-refractivity contribution < 1.29 is 8.42 Å². The number of piperazine rings is 1. The third-order valence-corrected chi connectivity index (χ3v) is 6.95. The molecule has 4 rings (SSSR count). The molecule has 0 N–H and O–H groups in total. The van der Waals surface area contributed by atoms with Gasteiger partial charge in [-0.05, 0) is 17.7 Å². The number of fused-ring (bicyclic) bond motifs is 1. The van der Waals surface area contributed by atoms with Gasteiger partial charge in [-0.15, -0.1) is 0 Å². The first kappa shape index (κ1) is 18.8. The fraction of sp³-hybridized carbons (Fsp3) is 0.227. The minimum absolute atomic E-state index is 0.294. The van der Waals surface area contributed by atoms with E-state index >= 15 is 0 Å². The molecule has 1 fully saturated rings. The lowest BCUT2D eigenvalue weighted by atomic mass is 10.2. The fourth-order valence-electron chi connectivity index (χ4n) is 3.48. The Balaban J connectivity index is 1.42. The molecule has 0 bridgehead atoms. The van der Waals surface area contributed by atoms with Crippen molar-refractivity contribution in [3.63, 3.8) is 0 Å². The van der Waals surface area contributed by atoms with E-state index in [9.17, 15) is 8.42 Å². The fourth-order valence-corrected chi connectivity index (χ4v) is 5.07. The number of sulfonamides is 1. The summed E-state index contributed by atoms with van der Waals surface area (Å²) in [7, 11) is -3.55. The molecule has 1 aromatic heterocycles. The highest BCUT2D eigenvalue weighted by Gasteiger charge is 2.29. The first-order chi connectivity index (χ1) is 13.6. The maximum atomic E-state index is 13.2. The van der Waals surface area contributed by atoms with Crippen molar-refractivity contribution in [3.05, 3.63) is 78.5 Å². The molecule has 0 radical (unpaired) electrons. The first-order valence-electron chi connectivity index (χ1n) is 9.42. The number of nitrogens with zero attached hydrogens (tertiary/aromatic N) is 3.